The van der Waals surface area contributed by atoms with Crippen molar-refractivity contribution < 1.29 is 13.2 Å². The number of thioether (sulfide) groups is 1. The van der Waals surface area contributed by atoms with Crippen LogP contribution in [0.15, 0.2) is 58.3 Å². The molecule has 1 amide bonds. The maximum absolute atomic E-state index is 12.9. The molecule has 5 nitrogen and oxygen atoms in total. The molecule has 0 saturated carbocycles. The molecule has 0 bridgehead atoms. The summed E-state index contributed by atoms with van der Waals surface area (Å²) in [6.07, 6.45) is 0. The lowest BCUT2D eigenvalue weighted by Crippen LogP contribution is -2.52. The lowest BCUT2D eigenvalue weighted by molar-refractivity contribution is -0.131. The average molecular weight is 419 g/mol. The van der Waals surface area contributed by atoms with Gasteiger partial charge in [0.25, 0.3) is 0 Å². The first-order chi connectivity index (χ1) is 13.3. The Labute approximate surface area is 171 Å². The smallest absolute Gasteiger partial charge is 0.243 e. The summed E-state index contributed by atoms with van der Waals surface area (Å²) in [4.78, 5) is 16.1. The highest BCUT2D eigenvalue weighted by Gasteiger charge is 2.31. The molecule has 0 spiro atoms. The van der Waals surface area contributed by atoms with Crippen LogP contribution in [0.1, 0.15) is 18.1 Å². The van der Waals surface area contributed by atoms with Crippen molar-refractivity contribution >= 4 is 27.7 Å². The van der Waals surface area contributed by atoms with Gasteiger partial charge in [0.1, 0.15) is 0 Å². The van der Waals surface area contributed by atoms with E-state index in [2.05, 4.69) is 18.2 Å². The maximum Gasteiger partial charge on any atom is 0.243 e. The van der Waals surface area contributed by atoms with E-state index in [1.165, 1.54) is 9.87 Å². The molecule has 1 saturated heterocycles. The molecule has 1 atom stereocenters. The van der Waals surface area contributed by atoms with Gasteiger partial charge in [0, 0.05) is 31.1 Å². The highest BCUT2D eigenvalue weighted by molar-refractivity contribution is 8.00. The Morgan fingerprint density at radius 2 is 1.64 bits per heavy atom. The van der Waals surface area contributed by atoms with Crippen molar-refractivity contribution in [3.63, 3.8) is 0 Å². The number of hydrogen-bond acceptors (Lipinski definition) is 4. The summed E-state index contributed by atoms with van der Waals surface area (Å²) in [5.74, 6) is 0.0580. The van der Waals surface area contributed by atoms with E-state index in [1.807, 2.05) is 20.8 Å². The van der Waals surface area contributed by atoms with E-state index in [9.17, 15) is 13.2 Å². The molecule has 0 N–H and O–H groups in total. The zero-order valence-corrected chi connectivity index (χ0v) is 18.1. The SMILES string of the molecule is Cc1ccc(C)c(SC(C)C(=O)N2CCN(S(=O)(=O)c3ccccc3)CC2)c1. The van der Waals surface area contributed by atoms with E-state index < -0.39 is 10.0 Å². The predicted octanol–water partition coefficient (Wildman–Crippen LogP) is 3.32. The zero-order valence-electron chi connectivity index (χ0n) is 16.5. The van der Waals surface area contributed by atoms with Crippen LogP contribution in [-0.2, 0) is 14.8 Å². The van der Waals surface area contributed by atoms with E-state index in [-0.39, 0.29) is 11.2 Å². The normalized spacial score (nSPS) is 16.8. The number of rotatable bonds is 5. The zero-order chi connectivity index (χ0) is 20.3. The first kappa shape index (κ1) is 20.9. The fourth-order valence-electron chi connectivity index (χ4n) is 3.22. The molecule has 3 rings (SSSR count). The third-order valence-electron chi connectivity index (χ3n) is 4.93. The summed E-state index contributed by atoms with van der Waals surface area (Å²) in [6.45, 7) is 7.50. The summed E-state index contributed by atoms with van der Waals surface area (Å²) in [5, 5.41) is -0.210. The van der Waals surface area contributed by atoms with Crippen LogP contribution in [0.25, 0.3) is 0 Å². The fourth-order valence-corrected chi connectivity index (χ4v) is 5.80. The quantitative estimate of drug-likeness (QED) is 0.699. The molecule has 7 heteroatoms. The van der Waals surface area contributed by atoms with Crippen molar-refractivity contribution in [1.82, 2.24) is 9.21 Å². The Morgan fingerprint density at radius 3 is 2.29 bits per heavy atom. The van der Waals surface area contributed by atoms with Crippen molar-refractivity contribution in [1.29, 1.82) is 0 Å². The van der Waals surface area contributed by atoms with Gasteiger partial charge < -0.3 is 4.90 Å². The average Bonchev–Trinajstić information content (AvgIpc) is 2.71. The topological polar surface area (TPSA) is 57.7 Å². The molecule has 28 heavy (non-hydrogen) atoms. The van der Waals surface area contributed by atoms with Crippen molar-refractivity contribution in [2.24, 2.45) is 0 Å². The number of amides is 1. The fraction of sp³-hybridized carbons (Fsp3) is 0.381. The minimum absolute atomic E-state index is 0.0580. The van der Waals surface area contributed by atoms with Gasteiger partial charge in [-0.3, -0.25) is 4.79 Å². The monoisotopic (exact) mass is 418 g/mol. The summed E-state index contributed by atoms with van der Waals surface area (Å²) in [7, 11) is -3.50. The molecule has 0 radical (unpaired) electrons. The largest absolute Gasteiger partial charge is 0.339 e. The minimum atomic E-state index is -3.50. The van der Waals surface area contributed by atoms with E-state index >= 15 is 0 Å². The highest BCUT2D eigenvalue weighted by atomic mass is 32.2. The molecule has 1 aliphatic rings. The van der Waals surface area contributed by atoms with Crippen LogP contribution in [-0.4, -0.2) is 55.0 Å². The van der Waals surface area contributed by atoms with Crippen molar-refractivity contribution in [3.05, 3.63) is 59.7 Å². The van der Waals surface area contributed by atoms with Gasteiger partial charge in [-0.25, -0.2) is 8.42 Å². The summed E-state index contributed by atoms with van der Waals surface area (Å²) in [6, 6.07) is 14.7. The number of hydrogen-bond donors (Lipinski definition) is 0. The van der Waals surface area contributed by atoms with Crippen molar-refractivity contribution in [3.8, 4) is 0 Å². The number of benzene rings is 2. The Balaban J connectivity index is 1.61. The third-order valence-corrected chi connectivity index (χ3v) is 8.09. The first-order valence-electron chi connectivity index (χ1n) is 9.37. The van der Waals surface area contributed by atoms with Gasteiger partial charge in [0.15, 0.2) is 0 Å². The molecule has 1 fully saturated rings. The minimum Gasteiger partial charge on any atom is -0.339 e. The second kappa shape index (κ2) is 8.68. The summed E-state index contributed by atoms with van der Waals surface area (Å²) >= 11 is 1.57. The third kappa shape index (κ3) is 4.59. The van der Waals surface area contributed by atoms with Gasteiger partial charge in [0.2, 0.25) is 15.9 Å². The van der Waals surface area contributed by atoms with Gasteiger partial charge >= 0.3 is 0 Å². The molecule has 150 valence electrons. The number of carbonyl (C=O) groups is 1. The maximum atomic E-state index is 12.9. The van der Waals surface area contributed by atoms with Gasteiger partial charge in [-0.2, -0.15) is 4.31 Å². The standard InChI is InChI=1S/C21H26N2O3S2/c1-16-9-10-17(2)20(15-16)27-18(3)21(24)22-11-13-23(14-12-22)28(25,26)19-7-5-4-6-8-19/h4-10,15,18H,11-14H2,1-3H3. The van der Waals surface area contributed by atoms with Crippen molar-refractivity contribution in [2.75, 3.05) is 26.2 Å². The van der Waals surface area contributed by atoms with Gasteiger partial charge in [-0.05, 0) is 44.5 Å². The molecular weight excluding hydrogens is 392 g/mol. The lowest BCUT2D eigenvalue weighted by Gasteiger charge is -2.35. The lowest BCUT2D eigenvalue weighted by atomic mass is 10.2. The molecule has 0 aliphatic carbocycles. The van der Waals surface area contributed by atoms with Crippen LogP contribution in [0, 0.1) is 13.8 Å². The molecule has 1 unspecified atom stereocenters. The van der Waals surface area contributed by atoms with Crippen LogP contribution in [0.2, 0.25) is 0 Å². The van der Waals surface area contributed by atoms with Crippen LogP contribution >= 0.6 is 11.8 Å². The van der Waals surface area contributed by atoms with Gasteiger partial charge in [-0.15, -0.1) is 11.8 Å². The van der Waals surface area contributed by atoms with E-state index in [0.717, 1.165) is 10.5 Å². The molecular formula is C21H26N2O3S2. The molecule has 2 aromatic carbocycles. The van der Waals surface area contributed by atoms with Gasteiger partial charge in [0.05, 0.1) is 10.1 Å². The van der Waals surface area contributed by atoms with Crippen LogP contribution in [0.3, 0.4) is 0 Å². The van der Waals surface area contributed by atoms with Crippen LogP contribution < -0.4 is 0 Å². The number of piperazine rings is 1. The van der Waals surface area contributed by atoms with Crippen molar-refractivity contribution in [2.45, 2.75) is 35.8 Å². The number of sulfonamides is 1. The Kier molecular flexibility index (Phi) is 6.47. The van der Waals surface area contributed by atoms with Gasteiger partial charge in [-0.1, -0.05) is 35.9 Å². The second-order valence-corrected chi connectivity index (χ2v) is 10.4. The van der Waals surface area contributed by atoms with E-state index in [1.54, 1.807) is 47.0 Å². The van der Waals surface area contributed by atoms with Crippen LogP contribution in [0.4, 0.5) is 0 Å². The summed E-state index contributed by atoms with van der Waals surface area (Å²) < 4.78 is 26.9. The molecule has 0 aromatic heterocycles. The Hall–Kier alpha value is -1.83. The molecule has 1 heterocycles. The van der Waals surface area contributed by atoms with E-state index in [4.69, 9.17) is 0 Å². The Bertz CT molecular complexity index is 937. The highest BCUT2D eigenvalue weighted by Crippen LogP contribution is 2.29. The first-order valence-corrected chi connectivity index (χ1v) is 11.7. The number of nitrogens with zero attached hydrogens (tertiary/aromatic N) is 2. The number of aryl methyl sites for hydroxylation is 2. The Morgan fingerprint density at radius 1 is 1.00 bits per heavy atom. The van der Waals surface area contributed by atoms with E-state index in [0.29, 0.717) is 31.1 Å². The predicted molar refractivity (Wildman–Crippen MR) is 113 cm³/mol. The molecule has 2 aromatic rings. The second-order valence-electron chi connectivity index (χ2n) is 7.07. The molecule has 1 aliphatic heterocycles. The summed E-state index contributed by atoms with van der Waals surface area (Å²) in [5.41, 5.74) is 2.33. The number of carbonyl (C=O) groups excluding carboxylic acids is 1. The van der Waals surface area contributed by atoms with Crippen LogP contribution in [0.5, 0.6) is 0 Å².